The number of aromatic amines is 1. The zero-order chi connectivity index (χ0) is 24.8. The van der Waals surface area contributed by atoms with Crippen molar-refractivity contribution in [3.63, 3.8) is 0 Å². The molecule has 2 aliphatic heterocycles. The Labute approximate surface area is 210 Å². The van der Waals surface area contributed by atoms with E-state index in [0.29, 0.717) is 18.8 Å². The van der Waals surface area contributed by atoms with Crippen LogP contribution in [-0.2, 0) is 9.59 Å². The molecule has 6 heteroatoms. The van der Waals surface area contributed by atoms with Crippen molar-refractivity contribution in [1.29, 1.82) is 0 Å². The van der Waals surface area contributed by atoms with Crippen LogP contribution < -0.4 is 9.64 Å². The maximum atomic E-state index is 13.7. The zero-order valence-electron chi connectivity index (χ0n) is 20.5. The summed E-state index contributed by atoms with van der Waals surface area (Å²) >= 11 is 0. The summed E-state index contributed by atoms with van der Waals surface area (Å²) in [7, 11) is 0. The molecule has 1 saturated heterocycles. The first-order valence-electron chi connectivity index (χ1n) is 12.6. The number of carbonyl (C=O) groups excluding carboxylic acids is 2. The van der Waals surface area contributed by atoms with Crippen LogP contribution in [0, 0.1) is 0 Å². The van der Waals surface area contributed by atoms with Crippen molar-refractivity contribution in [1.82, 2.24) is 9.88 Å². The summed E-state index contributed by atoms with van der Waals surface area (Å²) in [5, 5.41) is 1.22. The predicted octanol–water partition coefficient (Wildman–Crippen LogP) is 5.41. The molecule has 0 saturated carbocycles. The number of carbonyl (C=O) groups is 2. The summed E-state index contributed by atoms with van der Waals surface area (Å²) in [6.45, 7) is 5.29. The van der Waals surface area contributed by atoms with Crippen LogP contribution in [0.4, 0.5) is 5.69 Å². The van der Waals surface area contributed by atoms with Gasteiger partial charge >= 0.3 is 0 Å². The number of benzene rings is 3. The van der Waals surface area contributed by atoms with Crippen molar-refractivity contribution < 1.29 is 14.3 Å². The summed E-state index contributed by atoms with van der Waals surface area (Å²) < 4.78 is 5.52. The number of nitrogens with one attached hydrogen (secondary N) is 1. The molecule has 3 atom stereocenters. The fourth-order valence-corrected chi connectivity index (χ4v) is 5.87. The van der Waals surface area contributed by atoms with Gasteiger partial charge in [0.1, 0.15) is 5.75 Å². The summed E-state index contributed by atoms with van der Waals surface area (Å²) in [5.41, 5.74) is 5.31. The van der Waals surface area contributed by atoms with Gasteiger partial charge in [0.15, 0.2) is 0 Å². The fourth-order valence-electron chi connectivity index (χ4n) is 5.87. The minimum absolute atomic E-state index is 0.0330. The number of anilines is 1. The first-order valence-corrected chi connectivity index (χ1v) is 12.6. The Kier molecular flexibility index (Phi) is 5.61. The number of ether oxygens (including phenoxy) is 1. The molecule has 4 aromatic rings. The van der Waals surface area contributed by atoms with E-state index in [1.807, 2.05) is 19.1 Å². The summed E-state index contributed by atoms with van der Waals surface area (Å²) in [6.07, 6.45) is 0.174. The van der Waals surface area contributed by atoms with Gasteiger partial charge in [0.2, 0.25) is 5.91 Å². The van der Waals surface area contributed by atoms with Gasteiger partial charge < -0.3 is 9.72 Å². The van der Waals surface area contributed by atoms with Crippen LogP contribution in [0.1, 0.15) is 49.0 Å². The normalized spacial score (nSPS) is 22.3. The van der Waals surface area contributed by atoms with Crippen LogP contribution in [0.25, 0.3) is 10.9 Å². The molecule has 1 aromatic heterocycles. The monoisotopic (exact) mass is 479 g/mol. The van der Waals surface area contributed by atoms with Gasteiger partial charge in [0.25, 0.3) is 5.91 Å². The molecule has 6 nitrogen and oxygen atoms in total. The number of hydrogen-bond acceptors (Lipinski definition) is 4. The summed E-state index contributed by atoms with van der Waals surface area (Å²) in [6, 6.07) is 25.5. The Morgan fingerprint density at radius 3 is 2.42 bits per heavy atom. The van der Waals surface area contributed by atoms with Crippen LogP contribution in [0.5, 0.6) is 5.75 Å². The number of imide groups is 1. The highest BCUT2D eigenvalue weighted by Gasteiger charge is 2.47. The number of aromatic nitrogens is 1. The lowest BCUT2D eigenvalue weighted by Crippen LogP contribution is -2.47. The molecule has 6 rings (SSSR count). The quantitative estimate of drug-likeness (QED) is 0.389. The maximum Gasteiger partial charge on any atom is 0.251 e. The number of hydrogen-bond donors (Lipinski definition) is 1. The molecule has 2 aliphatic rings. The SMILES string of the molecule is CCOc1ccc(N2C(=O)CC(N3CC(c4ccccc4)c4c([nH]c5ccccc45)C3C)C2=O)cc1. The van der Waals surface area contributed by atoms with Crippen molar-refractivity contribution in [3.8, 4) is 5.75 Å². The lowest BCUT2D eigenvalue weighted by molar-refractivity contribution is -0.123. The van der Waals surface area contributed by atoms with E-state index in [4.69, 9.17) is 4.74 Å². The number of para-hydroxylation sites is 1. The molecule has 1 fully saturated rings. The van der Waals surface area contributed by atoms with Gasteiger partial charge in [-0.05, 0) is 55.3 Å². The van der Waals surface area contributed by atoms with Gasteiger partial charge in [0.05, 0.1) is 24.8 Å². The molecule has 0 radical (unpaired) electrons. The van der Waals surface area contributed by atoms with Crippen molar-refractivity contribution in [2.45, 2.75) is 38.3 Å². The van der Waals surface area contributed by atoms with E-state index in [2.05, 4.69) is 59.3 Å². The van der Waals surface area contributed by atoms with Gasteiger partial charge in [-0.25, -0.2) is 4.90 Å². The van der Waals surface area contributed by atoms with Crippen LogP contribution >= 0.6 is 0 Å². The molecule has 182 valence electrons. The first-order chi connectivity index (χ1) is 17.6. The molecule has 0 bridgehead atoms. The molecule has 0 aliphatic carbocycles. The number of rotatable bonds is 5. The van der Waals surface area contributed by atoms with Crippen LogP contribution in [0.15, 0.2) is 78.9 Å². The summed E-state index contributed by atoms with van der Waals surface area (Å²) in [4.78, 5) is 34.0. The Morgan fingerprint density at radius 2 is 1.67 bits per heavy atom. The van der Waals surface area contributed by atoms with E-state index in [0.717, 1.165) is 17.0 Å². The van der Waals surface area contributed by atoms with Crippen molar-refractivity contribution in [2.24, 2.45) is 0 Å². The highest BCUT2D eigenvalue weighted by Crippen LogP contribution is 2.45. The second-order valence-corrected chi connectivity index (χ2v) is 9.55. The van der Waals surface area contributed by atoms with Crippen LogP contribution in [-0.4, -0.2) is 40.9 Å². The minimum atomic E-state index is -0.509. The number of H-pyrrole nitrogens is 1. The average molecular weight is 480 g/mol. The third kappa shape index (κ3) is 3.60. The molecule has 3 aromatic carbocycles. The fraction of sp³-hybridized carbons (Fsp3) is 0.267. The predicted molar refractivity (Wildman–Crippen MR) is 140 cm³/mol. The number of amides is 2. The molecular weight excluding hydrogens is 450 g/mol. The standard InChI is InChI=1S/C30H29N3O3/c1-3-36-22-15-13-21(14-16-22)33-27(34)17-26(30(33)35)32-18-24(20-9-5-4-6-10-20)28-23-11-7-8-12-25(23)31-29(28)19(32)2/h4-16,19,24,26,31H,3,17-18H2,1-2H3. The maximum absolute atomic E-state index is 13.7. The molecule has 1 N–H and O–H groups in total. The topological polar surface area (TPSA) is 65.6 Å². The molecule has 3 unspecified atom stereocenters. The van der Waals surface area contributed by atoms with Gasteiger partial charge in [0, 0.05) is 35.1 Å². The molecular formula is C30H29N3O3. The van der Waals surface area contributed by atoms with E-state index >= 15 is 0 Å². The second-order valence-electron chi connectivity index (χ2n) is 9.55. The van der Waals surface area contributed by atoms with Gasteiger partial charge in [-0.1, -0.05) is 48.5 Å². The Bertz CT molecular complexity index is 1430. The van der Waals surface area contributed by atoms with E-state index in [1.54, 1.807) is 24.3 Å². The Balaban J connectivity index is 1.37. The largest absolute Gasteiger partial charge is 0.494 e. The molecule has 0 spiro atoms. The van der Waals surface area contributed by atoms with Crippen molar-refractivity contribution >= 4 is 28.4 Å². The summed E-state index contributed by atoms with van der Waals surface area (Å²) in [5.74, 6) is 0.483. The van der Waals surface area contributed by atoms with Gasteiger partial charge in [-0.15, -0.1) is 0 Å². The molecule has 36 heavy (non-hydrogen) atoms. The van der Waals surface area contributed by atoms with Crippen molar-refractivity contribution in [2.75, 3.05) is 18.1 Å². The smallest absolute Gasteiger partial charge is 0.251 e. The molecule has 3 heterocycles. The van der Waals surface area contributed by atoms with Gasteiger partial charge in [-0.3, -0.25) is 14.5 Å². The lowest BCUT2D eigenvalue weighted by Gasteiger charge is -2.40. The third-order valence-corrected chi connectivity index (χ3v) is 7.56. The molecule has 2 amide bonds. The van der Waals surface area contributed by atoms with Crippen molar-refractivity contribution in [3.05, 3.63) is 95.7 Å². The Hall–Kier alpha value is -3.90. The Morgan fingerprint density at radius 1 is 0.944 bits per heavy atom. The number of nitrogens with zero attached hydrogens (tertiary/aromatic N) is 2. The lowest BCUT2D eigenvalue weighted by atomic mass is 9.83. The second kappa shape index (κ2) is 8.95. The van der Waals surface area contributed by atoms with E-state index < -0.39 is 6.04 Å². The van der Waals surface area contributed by atoms with E-state index in [9.17, 15) is 9.59 Å². The third-order valence-electron chi connectivity index (χ3n) is 7.56. The highest BCUT2D eigenvalue weighted by molar-refractivity contribution is 6.22. The number of fused-ring (bicyclic) bond motifs is 3. The van der Waals surface area contributed by atoms with Crippen LogP contribution in [0.2, 0.25) is 0 Å². The minimum Gasteiger partial charge on any atom is -0.494 e. The van der Waals surface area contributed by atoms with E-state index in [1.165, 1.54) is 21.4 Å². The average Bonchev–Trinajstić information content (AvgIpc) is 3.43. The van der Waals surface area contributed by atoms with E-state index in [-0.39, 0.29) is 30.2 Å². The van der Waals surface area contributed by atoms with Gasteiger partial charge in [-0.2, -0.15) is 0 Å². The highest BCUT2D eigenvalue weighted by atomic mass is 16.5. The van der Waals surface area contributed by atoms with Crippen LogP contribution in [0.3, 0.4) is 0 Å². The zero-order valence-corrected chi connectivity index (χ0v) is 20.5. The first kappa shape index (κ1) is 22.6.